The van der Waals surface area contributed by atoms with Gasteiger partial charge in [0.1, 0.15) is 11.6 Å². The summed E-state index contributed by atoms with van der Waals surface area (Å²) in [5, 5.41) is 6.66. The number of guanidine groups is 1. The maximum Gasteiger partial charge on any atom is 0.191 e. The normalized spacial score (nSPS) is 15.1. The van der Waals surface area contributed by atoms with Crippen molar-refractivity contribution in [2.45, 2.75) is 19.9 Å². The van der Waals surface area contributed by atoms with E-state index in [9.17, 15) is 0 Å². The van der Waals surface area contributed by atoms with Crippen molar-refractivity contribution in [3.63, 3.8) is 0 Å². The Morgan fingerprint density at radius 2 is 1.87 bits per heavy atom. The molecule has 1 aromatic carbocycles. The van der Waals surface area contributed by atoms with Gasteiger partial charge in [0.2, 0.25) is 0 Å². The van der Waals surface area contributed by atoms with Gasteiger partial charge in [0, 0.05) is 45.5 Å². The van der Waals surface area contributed by atoms with E-state index in [0.717, 1.165) is 68.8 Å². The van der Waals surface area contributed by atoms with E-state index < -0.39 is 0 Å². The summed E-state index contributed by atoms with van der Waals surface area (Å²) < 4.78 is 5.73. The largest absolute Gasteiger partial charge is 0.494 e. The number of aromatic nitrogens is 1. The molecule has 0 amide bonds. The van der Waals surface area contributed by atoms with Gasteiger partial charge in [-0.1, -0.05) is 24.3 Å². The molecular formula is C23H34N6O. The van der Waals surface area contributed by atoms with Gasteiger partial charge in [-0.05, 0) is 44.2 Å². The second kappa shape index (κ2) is 12.0. The van der Waals surface area contributed by atoms with E-state index in [-0.39, 0.29) is 0 Å². The Kier molecular flexibility index (Phi) is 8.78. The maximum absolute atomic E-state index is 5.73. The zero-order chi connectivity index (χ0) is 21.0. The number of piperazine rings is 1. The van der Waals surface area contributed by atoms with Gasteiger partial charge in [-0.15, -0.1) is 0 Å². The monoisotopic (exact) mass is 410 g/mol. The van der Waals surface area contributed by atoms with E-state index in [1.165, 1.54) is 0 Å². The number of rotatable bonds is 9. The number of aliphatic imine (C=N–C) groups is 1. The molecule has 2 aromatic rings. The van der Waals surface area contributed by atoms with E-state index in [4.69, 9.17) is 4.74 Å². The number of anilines is 1. The Hall–Kier alpha value is -2.80. The van der Waals surface area contributed by atoms with E-state index >= 15 is 0 Å². The Morgan fingerprint density at radius 1 is 1.07 bits per heavy atom. The topological polar surface area (TPSA) is 65.0 Å². The zero-order valence-electron chi connectivity index (χ0n) is 18.2. The van der Waals surface area contributed by atoms with Crippen molar-refractivity contribution < 1.29 is 4.74 Å². The third kappa shape index (κ3) is 7.22. The smallest absolute Gasteiger partial charge is 0.191 e. The number of pyridine rings is 1. The van der Waals surface area contributed by atoms with Crippen LogP contribution in [0.3, 0.4) is 0 Å². The molecule has 0 saturated carbocycles. The molecule has 3 rings (SSSR count). The molecule has 1 aliphatic heterocycles. The molecule has 1 saturated heterocycles. The van der Waals surface area contributed by atoms with Crippen molar-refractivity contribution in [2.75, 3.05) is 57.8 Å². The first-order valence-electron chi connectivity index (χ1n) is 10.8. The minimum Gasteiger partial charge on any atom is -0.494 e. The van der Waals surface area contributed by atoms with Gasteiger partial charge in [-0.3, -0.25) is 0 Å². The average molecular weight is 411 g/mol. The standard InChI is InChI=1S/C23H34N6O/c1-3-24-23(25-12-7-17-30-21-8-5-4-6-9-21)27-19-20-10-11-22(26-18-20)29-15-13-28(2)14-16-29/h4-6,8-11,18H,3,7,12-17,19H2,1-2H3,(H2,24,25,27). The summed E-state index contributed by atoms with van der Waals surface area (Å²) in [5.74, 6) is 2.78. The van der Waals surface area contributed by atoms with E-state index in [1.54, 1.807) is 0 Å². The minimum atomic E-state index is 0.603. The van der Waals surface area contributed by atoms with Crippen LogP contribution in [0, 0.1) is 0 Å². The van der Waals surface area contributed by atoms with Crippen LogP contribution in [-0.2, 0) is 6.54 Å². The van der Waals surface area contributed by atoms with Crippen LogP contribution in [0.15, 0.2) is 53.7 Å². The summed E-state index contributed by atoms with van der Waals surface area (Å²) in [7, 11) is 2.16. The highest BCUT2D eigenvalue weighted by molar-refractivity contribution is 5.79. The number of likely N-dealkylation sites (N-methyl/N-ethyl adjacent to an activating group) is 1. The van der Waals surface area contributed by atoms with Crippen molar-refractivity contribution in [3.05, 3.63) is 54.2 Å². The van der Waals surface area contributed by atoms with Crippen LogP contribution in [0.25, 0.3) is 0 Å². The summed E-state index contributed by atoms with van der Waals surface area (Å²) >= 11 is 0. The molecule has 7 nitrogen and oxygen atoms in total. The Balaban J connectivity index is 1.42. The van der Waals surface area contributed by atoms with Crippen LogP contribution in [-0.4, -0.2) is 68.8 Å². The molecule has 1 fully saturated rings. The fourth-order valence-electron chi connectivity index (χ4n) is 3.23. The third-order valence-electron chi connectivity index (χ3n) is 5.03. The van der Waals surface area contributed by atoms with Crippen molar-refractivity contribution in [1.29, 1.82) is 0 Å². The van der Waals surface area contributed by atoms with Gasteiger partial charge >= 0.3 is 0 Å². The summed E-state index contributed by atoms with van der Waals surface area (Å²) in [4.78, 5) is 14.0. The number of benzene rings is 1. The lowest BCUT2D eigenvalue weighted by Crippen LogP contribution is -2.44. The maximum atomic E-state index is 5.73. The summed E-state index contributed by atoms with van der Waals surface area (Å²) in [6.07, 6.45) is 2.84. The van der Waals surface area contributed by atoms with E-state index in [2.05, 4.69) is 56.5 Å². The van der Waals surface area contributed by atoms with Crippen LogP contribution in [0.4, 0.5) is 5.82 Å². The summed E-state index contributed by atoms with van der Waals surface area (Å²) in [5.41, 5.74) is 1.11. The predicted molar refractivity (Wildman–Crippen MR) is 123 cm³/mol. The molecule has 0 spiro atoms. The van der Waals surface area contributed by atoms with Gasteiger partial charge in [-0.25, -0.2) is 9.98 Å². The lowest BCUT2D eigenvalue weighted by molar-refractivity contribution is 0.311. The fourth-order valence-corrected chi connectivity index (χ4v) is 3.23. The summed E-state index contributed by atoms with van der Waals surface area (Å²) in [6.45, 7) is 9.21. The SMILES string of the molecule is CCNC(=NCc1ccc(N2CCN(C)CC2)nc1)NCCCOc1ccccc1. The first-order chi connectivity index (χ1) is 14.7. The molecule has 0 bridgehead atoms. The second-order valence-electron chi connectivity index (χ2n) is 7.45. The van der Waals surface area contributed by atoms with Crippen molar-refractivity contribution in [3.8, 4) is 5.75 Å². The molecule has 0 aliphatic carbocycles. The van der Waals surface area contributed by atoms with Crippen molar-refractivity contribution in [1.82, 2.24) is 20.5 Å². The number of hydrogen-bond donors (Lipinski definition) is 2. The van der Waals surface area contributed by atoms with Gasteiger partial charge < -0.3 is 25.2 Å². The van der Waals surface area contributed by atoms with Crippen molar-refractivity contribution >= 4 is 11.8 Å². The average Bonchev–Trinajstić information content (AvgIpc) is 2.79. The molecule has 0 atom stereocenters. The fraction of sp³-hybridized carbons (Fsp3) is 0.478. The quantitative estimate of drug-likeness (QED) is 0.376. The lowest BCUT2D eigenvalue weighted by Gasteiger charge is -2.33. The Bertz CT molecular complexity index is 757. The van der Waals surface area contributed by atoms with Crippen molar-refractivity contribution in [2.24, 2.45) is 4.99 Å². The van der Waals surface area contributed by atoms with Crippen LogP contribution in [0.2, 0.25) is 0 Å². The number of ether oxygens (including phenoxy) is 1. The van der Waals surface area contributed by atoms with Crippen LogP contribution in [0.5, 0.6) is 5.75 Å². The number of hydrogen-bond acceptors (Lipinski definition) is 5. The van der Waals surface area contributed by atoms with Crippen LogP contribution < -0.4 is 20.3 Å². The summed E-state index contributed by atoms with van der Waals surface area (Å²) in [6, 6.07) is 14.1. The third-order valence-corrected chi connectivity index (χ3v) is 5.03. The Labute approximate surface area is 180 Å². The number of para-hydroxylation sites is 1. The molecule has 0 radical (unpaired) electrons. The second-order valence-corrected chi connectivity index (χ2v) is 7.45. The lowest BCUT2D eigenvalue weighted by atomic mass is 10.2. The molecule has 0 unspecified atom stereocenters. The van der Waals surface area contributed by atoms with Gasteiger partial charge in [0.15, 0.2) is 5.96 Å². The van der Waals surface area contributed by atoms with Gasteiger partial charge in [0.25, 0.3) is 0 Å². The molecule has 1 aliphatic rings. The molecule has 2 N–H and O–H groups in total. The molecule has 1 aromatic heterocycles. The molecule has 7 heteroatoms. The molecule has 30 heavy (non-hydrogen) atoms. The van der Waals surface area contributed by atoms with Crippen LogP contribution >= 0.6 is 0 Å². The van der Waals surface area contributed by atoms with Gasteiger partial charge in [0.05, 0.1) is 13.2 Å². The van der Waals surface area contributed by atoms with Gasteiger partial charge in [-0.2, -0.15) is 0 Å². The highest BCUT2D eigenvalue weighted by atomic mass is 16.5. The predicted octanol–water partition coefficient (Wildman–Crippen LogP) is 2.36. The number of nitrogens with one attached hydrogen (secondary N) is 2. The molecular weight excluding hydrogens is 376 g/mol. The minimum absolute atomic E-state index is 0.603. The molecule has 2 heterocycles. The highest BCUT2D eigenvalue weighted by Crippen LogP contribution is 2.14. The number of nitrogens with zero attached hydrogens (tertiary/aromatic N) is 4. The van der Waals surface area contributed by atoms with Crippen LogP contribution in [0.1, 0.15) is 18.9 Å². The first kappa shape index (κ1) is 21.9. The Morgan fingerprint density at radius 3 is 2.57 bits per heavy atom. The first-order valence-corrected chi connectivity index (χ1v) is 10.8. The zero-order valence-corrected chi connectivity index (χ0v) is 18.2. The van der Waals surface area contributed by atoms with E-state index in [0.29, 0.717) is 13.2 Å². The van der Waals surface area contributed by atoms with E-state index in [1.807, 2.05) is 36.5 Å². The molecule has 162 valence electrons. The highest BCUT2D eigenvalue weighted by Gasteiger charge is 2.14.